The molecule has 0 aliphatic carbocycles. The van der Waals surface area contributed by atoms with Crippen LogP contribution < -0.4 is 16.4 Å². The molecule has 112 valence electrons. The van der Waals surface area contributed by atoms with E-state index in [2.05, 4.69) is 10.6 Å². The van der Waals surface area contributed by atoms with Crippen LogP contribution in [0.1, 0.15) is 23.7 Å². The van der Waals surface area contributed by atoms with Gasteiger partial charge < -0.3 is 26.2 Å². The van der Waals surface area contributed by atoms with Gasteiger partial charge >= 0.3 is 0 Å². The van der Waals surface area contributed by atoms with Crippen LogP contribution in [0.3, 0.4) is 0 Å². The van der Waals surface area contributed by atoms with Gasteiger partial charge in [-0.05, 0) is 31.5 Å². The molecule has 0 aliphatic rings. The highest BCUT2D eigenvalue weighted by atomic mass is 16.5. The van der Waals surface area contributed by atoms with E-state index in [-0.39, 0.29) is 5.91 Å². The van der Waals surface area contributed by atoms with Crippen LogP contribution in [0.5, 0.6) is 0 Å². The summed E-state index contributed by atoms with van der Waals surface area (Å²) in [5.74, 6) is -0.130. The van der Waals surface area contributed by atoms with Crippen molar-refractivity contribution in [3.8, 4) is 0 Å². The van der Waals surface area contributed by atoms with E-state index in [1.165, 1.54) is 0 Å². The minimum atomic E-state index is -0.514. The van der Waals surface area contributed by atoms with E-state index in [1.807, 2.05) is 6.92 Å². The number of aliphatic hydroxyl groups is 1. The van der Waals surface area contributed by atoms with Gasteiger partial charge in [0.05, 0.1) is 24.1 Å². The van der Waals surface area contributed by atoms with Crippen LogP contribution in [0.2, 0.25) is 0 Å². The average molecular weight is 281 g/mol. The van der Waals surface area contributed by atoms with Gasteiger partial charge in [0.25, 0.3) is 5.91 Å². The molecule has 0 saturated carbocycles. The first kappa shape index (κ1) is 16.3. The van der Waals surface area contributed by atoms with Gasteiger partial charge in [0.15, 0.2) is 0 Å². The van der Waals surface area contributed by atoms with Crippen molar-refractivity contribution in [1.29, 1.82) is 0 Å². The number of rotatable bonds is 8. The number of nitrogens with two attached hydrogens (primary N) is 1. The lowest BCUT2D eigenvalue weighted by atomic mass is 10.1. The molecule has 6 heteroatoms. The summed E-state index contributed by atoms with van der Waals surface area (Å²) in [6.45, 7) is 3.30. The van der Waals surface area contributed by atoms with Crippen LogP contribution in [0.4, 0.5) is 11.4 Å². The van der Waals surface area contributed by atoms with Gasteiger partial charge in [0.1, 0.15) is 0 Å². The maximum Gasteiger partial charge on any atom is 0.251 e. The fourth-order valence-electron chi connectivity index (χ4n) is 1.76. The molecular weight excluding hydrogens is 258 g/mol. The van der Waals surface area contributed by atoms with Gasteiger partial charge in [-0.25, -0.2) is 0 Å². The van der Waals surface area contributed by atoms with E-state index < -0.39 is 6.10 Å². The predicted octanol–water partition coefficient (Wildman–Crippen LogP) is 0.828. The first-order valence-corrected chi connectivity index (χ1v) is 6.67. The third kappa shape index (κ3) is 5.07. The summed E-state index contributed by atoms with van der Waals surface area (Å²) in [7, 11) is 1.55. The zero-order valence-corrected chi connectivity index (χ0v) is 12.0. The molecule has 0 fully saturated rings. The molecule has 0 aliphatic heterocycles. The molecule has 20 heavy (non-hydrogen) atoms. The Hall–Kier alpha value is -1.79. The highest BCUT2D eigenvalue weighted by molar-refractivity contribution is 5.96. The third-order valence-corrected chi connectivity index (χ3v) is 2.80. The Morgan fingerprint density at radius 1 is 1.50 bits per heavy atom. The Balaban J connectivity index is 2.60. The van der Waals surface area contributed by atoms with E-state index >= 15 is 0 Å². The Morgan fingerprint density at radius 3 is 2.90 bits per heavy atom. The number of carbonyl (C=O) groups excluding carboxylic acids is 1. The number of carbonyl (C=O) groups is 1. The number of aliphatic hydroxyl groups excluding tert-OH is 1. The first-order valence-electron chi connectivity index (χ1n) is 6.67. The summed E-state index contributed by atoms with van der Waals surface area (Å²) in [5.41, 5.74) is 7.68. The Labute approximate surface area is 119 Å². The molecule has 1 atom stereocenters. The maximum absolute atomic E-state index is 11.7. The summed E-state index contributed by atoms with van der Waals surface area (Å²) in [5, 5.41) is 15.4. The van der Waals surface area contributed by atoms with Crippen molar-refractivity contribution in [2.75, 3.05) is 37.9 Å². The quantitative estimate of drug-likeness (QED) is 0.529. The number of hydrogen-bond donors (Lipinski definition) is 4. The lowest BCUT2D eigenvalue weighted by Crippen LogP contribution is -2.23. The number of ether oxygens (including phenoxy) is 1. The average Bonchev–Trinajstić information content (AvgIpc) is 2.41. The molecule has 0 bridgehead atoms. The Bertz CT molecular complexity index is 438. The molecule has 5 N–H and O–H groups in total. The molecule has 1 rings (SSSR count). The molecule has 6 nitrogen and oxygen atoms in total. The topological polar surface area (TPSA) is 96.6 Å². The first-order chi connectivity index (χ1) is 9.58. The van der Waals surface area contributed by atoms with Crippen molar-refractivity contribution in [3.63, 3.8) is 0 Å². The molecule has 0 heterocycles. The monoisotopic (exact) mass is 281 g/mol. The van der Waals surface area contributed by atoms with E-state index in [0.717, 1.165) is 0 Å². The normalized spacial score (nSPS) is 11.9. The number of nitrogens with one attached hydrogen (secondary N) is 2. The van der Waals surface area contributed by atoms with E-state index in [0.29, 0.717) is 43.1 Å². The standard InChI is InChI=1S/C14H23N3O3/c1-3-16-14(19)10-4-5-12(15)13(8-10)17-7-6-11(18)9-20-2/h4-5,8,11,17-18H,3,6-7,9,15H2,1-2H3,(H,16,19). The predicted molar refractivity (Wildman–Crippen MR) is 79.9 cm³/mol. The number of anilines is 2. The Kier molecular flexibility index (Phi) is 6.83. The molecule has 1 amide bonds. The van der Waals surface area contributed by atoms with Crippen molar-refractivity contribution < 1.29 is 14.6 Å². The SMILES string of the molecule is CCNC(=O)c1ccc(N)c(NCCC(O)COC)c1. The molecular formula is C14H23N3O3. The molecule has 1 aromatic rings. The molecule has 0 saturated heterocycles. The van der Waals surface area contributed by atoms with Crippen LogP contribution in [0.15, 0.2) is 18.2 Å². The summed E-state index contributed by atoms with van der Waals surface area (Å²) in [6, 6.07) is 5.09. The van der Waals surface area contributed by atoms with Crippen LogP contribution in [0.25, 0.3) is 0 Å². The molecule has 1 aromatic carbocycles. The third-order valence-electron chi connectivity index (χ3n) is 2.80. The fraction of sp³-hybridized carbons (Fsp3) is 0.500. The van der Waals surface area contributed by atoms with Gasteiger partial charge in [0.2, 0.25) is 0 Å². The van der Waals surface area contributed by atoms with Crippen molar-refractivity contribution in [3.05, 3.63) is 23.8 Å². The van der Waals surface area contributed by atoms with Gasteiger partial charge in [0, 0.05) is 25.8 Å². The van der Waals surface area contributed by atoms with Gasteiger partial charge in [-0.15, -0.1) is 0 Å². The number of hydrogen-bond acceptors (Lipinski definition) is 5. The highest BCUT2D eigenvalue weighted by Gasteiger charge is 2.08. The summed E-state index contributed by atoms with van der Waals surface area (Å²) >= 11 is 0. The maximum atomic E-state index is 11.7. The molecule has 1 unspecified atom stereocenters. The van der Waals surface area contributed by atoms with Crippen LogP contribution >= 0.6 is 0 Å². The van der Waals surface area contributed by atoms with Crippen LogP contribution in [-0.2, 0) is 4.74 Å². The second-order valence-corrected chi connectivity index (χ2v) is 4.49. The van der Waals surface area contributed by atoms with Crippen molar-refractivity contribution in [2.45, 2.75) is 19.4 Å². The van der Waals surface area contributed by atoms with Gasteiger partial charge in [-0.2, -0.15) is 0 Å². The number of amides is 1. The van der Waals surface area contributed by atoms with Crippen LogP contribution in [0, 0.1) is 0 Å². The van der Waals surface area contributed by atoms with Gasteiger partial charge in [-0.3, -0.25) is 4.79 Å². The number of nitrogen functional groups attached to an aromatic ring is 1. The second kappa shape index (κ2) is 8.39. The minimum absolute atomic E-state index is 0.130. The number of benzene rings is 1. The van der Waals surface area contributed by atoms with Crippen molar-refractivity contribution in [1.82, 2.24) is 5.32 Å². The second-order valence-electron chi connectivity index (χ2n) is 4.49. The summed E-state index contributed by atoms with van der Waals surface area (Å²) < 4.78 is 4.85. The largest absolute Gasteiger partial charge is 0.397 e. The lowest BCUT2D eigenvalue weighted by molar-refractivity contribution is 0.0615. The van der Waals surface area contributed by atoms with Gasteiger partial charge in [-0.1, -0.05) is 0 Å². The van der Waals surface area contributed by atoms with Crippen LogP contribution in [-0.4, -0.2) is 43.9 Å². The minimum Gasteiger partial charge on any atom is -0.397 e. The summed E-state index contributed by atoms with van der Waals surface area (Å²) in [6.07, 6.45) is 0.0267. The van der Waals surface area contributed by atoms with E-state index in [4.69, 9.17) is 10.5 Å². The van der Waals surface area contributed by atoms with Crippen molar-refractivity contribution >= 4 is 17.3 Å². The molecule has 0 radical (unpaired) electrons. The Morgan fingerprint density at radius 2 is 2.25 bits per heavy atom. The lowest BCUT2D eigenvalue weighted by Gasteiger charge is -2.13. The van der Waals surface area contributed by atoms with Crippen molar-refractivity contribution in [2.24, 2.45) is 0 Å². The zero-order valence-electron chi connectivity index (χ0n) is 12.0. The van der Waals surface area contributed by atoms with E-state index in [9.17, 15) is 9.90 Å². The summed E-state index contributed by atoms with van der Waals surface area (Å²) in [4.78, 5) is 11.7. The molecule has 0 spiro atoms. The fourth-order valence-corrected chi connectivity index (χ4v) is 1.76. The number of methoxy groups -OCH3 is 1. The smallest absolute Gasteiger partial charge is 0.251 e. The zero-order chi connectivity index (χ0) is 15.0. The van der Waals surface area contributed by atoms with E-state index in [1.54, 1.807) is 25.3 Å². The highest BCUT2D eigenvalue weighted by Crippen LogP contribution is 2.20. The molecule has 0 aromatic heterocycles.